The van der Waals surface area contributed by atoms with E-state index in [2.05, 4.69) is 26.0 Å². The molecule has 3 N–H and O–H groups in total. The minimum atomic E-state index is -4.64. The molecule has 0 spiro atoms. The first kappa shape index (κ1) is 22.4. The van der Waals surface area contributed by atoms with Crippen LogP contribution in [0.5, 0.6) is 11.5 Å². The van der Waals surface area contributed by atoms with Crippen LogP contribution in [0, 0.1) is 6.92 Å². The summed E-state index contributed by atoms with van der Waals surface area (Å²) in [6.45, 7) is 5.87. The standard InChI is InChI=1S/C19H24O2.H3O4P/c1-3-4-13-20-14-12-17-15-16(2)10-11-19(17)21-18-8-6-5-7-9-18;1-5(2,3)4/h5-11,15H,3-4,12-14H2,1-2H3;(H3,1,2,3,4). The van der Waals surface area contributed by atoms with Crippen molar-refractivity contribution in [2.24, 2.45) is 0 Å². The summed E-state index contributed by atoms with van der Waals surface area (Å²) < 4.78 is 20.5. The van der Waals surface area contributed by atoms with Crippen molar-refractivity contribution >= 4 is 7.82 Å². The van der Waals surface area contributed by atoms with Gasteiger partial charge in [-0.2, -0.15) is 0 Å². The molecule has 0 heterocycles. The summed E-state index contributed by atoms with van der Waals surface area (Å²) in [5.41, 5.74) is 2.45. The zero-order valence-electron chi connectivity index (χ0n) is 15.2. The largest absolute Gasteiger partial charge is 0.466 e. The average Bonchev–Trinajstić information content (AvgIpc) is 2.56. The van der Waals surface area contributed by atoms with Gasteiger partial charge in [0, 0.05) is 6.61 Å². The maximum atomic E-state index is 8.88. The molecule has 0 fully saturated rings. The molecular weight excluding hydrogens is 355 g/mol. The predicted octanol–water partition coefficient (Wildman–Crippen LogP) is 4.22. The van der Waals surface area contributed by atoms with Crippen LogP contribution >= 0.6 is 7.82 Å². The van der Waals surface area contributed by atoms with Gasteiger partial charge in [-0.15, -0.1) is 0 Å². The number of rotatable bonds is 8. The van der Waals surface area contributed by atoms with Crippen LogP contribution in [0.15, 0.2) is 48.5 Å². The van der Waals surface area contributed by atoms with Crippen molar-refractivity contribution in [3.05, 3.63) is 59.7 Å². The number of para-hydroxylation sites is 1. The summed E-state index contributed by atoms with van der Waals surface area (Å²) in [4.78, 5) is 21.6. The van der Waals surface area contributed by atoms with E-state index in [1.807, 2.05) is 36.4 Å². The highest BCUT2D eigenvalue weighted by atomic mass is 31.2. The van der Waals surface area contributed by atoms with Crippen LogP contribution in [0.1, 0.15) is 30.9 Å². The Labute approximate surface area is 154 Å². The molecule has 0 atom stereocenters. The van der Waals surface area contributed by atoms with E-state index in [4.69, 9.17) is 28.7 Å². The molecular formula is C19H27O6P. The zero-order valence-corrected chi connectivity index (χ0v) is 16.1. The first-order chi connectivity index (χ1) is 12.3. The van der Waals surface area contributed by atoms with Gasteiger partial charge >= 0.3 is 7.82 Å². The van der Waals surface area contributed by atoms with Crippen LogP contribution in [0.25, 0.3) is 0 Å². The summed E-state index contributed by atoms with van der Waals surface area (Å²) >= 11 is 0. The van der Waals surface area contributed by atoms with Gasteiger partial charge in [-0.25, -0.2) is 4.57 Å². The second kappa shape index (κ2) is 11.8. The Balaban J connectivity index is 0.000000597. The maximum absolute atomic E-state index is 8.88. The molecule has 6 nitrogen and oxygen atoms in total. The topological polar surface area (TPSA) is 96.2 Å². The van der Waals surface area contributed by atoms with Crippen molar-refractivity contribution in [1.82, 2.24) is 0 Å². The monoisotopic (exact) mass is 382 g/mol. The number of benzene rings is 2. The molecule has 2 aromatic rings. The lowest BCUT2D eigenvalue weighted by molar-refractivity contribution is 0.134. The molecule has 2 aromatic carbocycles. The summed E-state index contributed by atoms with van der Waals surface area (Å²) in [6.07, 6.45) is 3.18. The smallest absolute Gasteiger partial charge is 0.457 e. The number of hydrogen-bond acceptors (Lipinski definition) is 3. The van der Waals surface area contributed by atoms with Crippen molar-refractivity contribution < 1.29 is 28.7 Å². The Morgan fingerprint density at radius 1 is 1.00 bits per heavy atom. The quantitative estimate of drug-likeness (QED) is 0.467. The SMILES string of the molecule is CCCCOCCc1cc(C)ccc1Oc1ccccc1.O=P(O)(O)O. The van der Waals surface area contributed by atoms with Crippen LogP contribution in [-0.2, 0) is 15.7 Å². The van der Waals surface area contributed by atoms with E-state index in [-0.39, 0.29) is 0 Å². The molecule has 144 valence electrons. The van der Waals surface area contributed by atoms with Gasteiger partial charge in [0.2, 0.25) is 0 Å². The van der Waals surface area contributed by atoms with Gasteiger partial charge in [0.25, 0.3) is 0 Å². The molecule has 0 saturated carbocycles. The highest BCUT2D eigenvalue weighted by molar-refractivity contribution is 7.45. The fourth-order valence-corrected chi connectivity index (χ4v) is 2.15. The van der Waals surface area contributed by atoms with Gasteiger partial charge in [-0.05, 0) is 43.5 Å². The van der Waals surface area contributed by atoms with Gasteiger partial charge in [-0.1, -0.05) is 49.2 Å². The second-order valence-electron chi connectivity index (χ2n) is 5.76. The van der Waals surface area contributed by atoms with Gasteiger partial charge in [0.05, 0.1) is 6.61 Å². The van der Waals surface area contributed by atoms with Crippen molar-refractivity contribution in [1.29, 1.82) is 0 Å². The summed E-state index contributed by atoms with van der Waals surface area (Å²) in [5, 5.41) is 0. The van der Waals surface area contributed by atoms with E-state index in [0.29, 0.717) is 0 Å². The molecule has 0 unspecified atom stereocenters. The van der Waals surface area contributed by atoms with E-state index in [1.165, 1.54) is 17.5 Å². The van der Waals surface area contributed by atoms with Gasteiger partial charge < -0.3 is 24.2 Å². The Morgan fingerprint density at radius 2 is 1.65 bits per heavy atom. The van der Waals surface area contributed by atoms with E-state index in [1.54, 1.807) is 0 Å². The molecule has 0 amide bonds. The fraction of sp³-hybridized carbons (Fsp3) is 0.368. The van der Waals surface area contributed by atoms with Crippen LogP contribution < -0.4 is 4.74 Å². The lowest BCUT2D eigenvalue weighted by Gasteiger charge is -2.12. The third-order valence-electron chi connectivity index (χ3n) is 3.34. The van der Waals surface area contributed by atoms with Crippen LogP contribution in [0.4, 0.5) is 0 Å². The predicted molar refractivity (Wildman–Crippen MR) is 101 cm³/mol. The average molecular weight is 382 g/mol. The molecule has 0 aliphatic rings. The Hall–Kier alpha value is -1.69. The lowest BCUT2D eigenvalue weighted by atomic mass is 10.1. The molecule has 0 radical (unpaired) electrons. The highest BCUT2D eigenvalue weighted by Gasteiger charge is 2.06. The minimum absolute atomic E-state index is 0.745. The number of hydrogen-bond donors (Lipinski definition) is 3. The normalized spacial score (nSPS) is 10.8. The molecule has 2 rings (SSSR count). The van der Waals surface area contributed by atoms with E-state index in [0.717, 1.165) is 37.6 Å². The third kappa shape index (κ3) is 11.0. The van der Waals surface area contributed by atoms with Crippen LogP contribution in [0.2, 0.25) is 0 Å². The number of ether oxygens (including phenoxy) is 2. The lowest BCUT2D eigenvalue weighted by Crippen LogP contribution is -2.02. The number of phosphoric acid groups is 1. The maximum Gasteiger partial charge on any atom is 0.466 e. The van der Waals surface area contributed by atoms with E-state index >= 15 is 0 Å². The van der Waals surface area contributed by atoms with Gasteiger partial charge in [0.1, 0.15) is 11.5 Å². The van der Waals surface area contributed by atoms with Crippen LogP contribution in [-0.4, -0.2) is 27.9 Å². The molecule has 0 saturated heterocycles. The van der Waals surface area contributed by atoms with Crippen molar-refractivity contribution in [3.63, 3.8) is 0 Å². The third-order valence-corrected chi connectivity index (χ3v) is 3.34. The number of aryl methyl sites for hydroxylation is 1. The Bertz CT molecular complexity index is 675. The zero-order chi connectivity index (χ0) is 19.4. The Morgan fingerprint density at radius 3 is 2.27 bits per heavy atom. The highest BCUT2D eigenvalue weighted by Crippen LogP contribution is 2.27. The summed E-state index contributed by atoms with van der Waals surface area (Å²) in [5.74, 6) is 1.79. The second-order valence-corrected chi connectivity index (χ2v) is 6.78. The molecule has 0 aliphatic heterocycles. The summed E-state index contributed by atoms with van der Waals surface area (Å²) in [7, 11) is -4.64. The summed E-state index contributed by atoms with van der Waals surface area (Å²) in [6, 6.07) is 16.2. The molecule has 0 aromatic heterocycles. The molecule has 26 heavy (non-hydrogen) atoms. The van der Waals surface area contributed by atoms with E-state index < -0.39 is 7.82 Å². The number of unbranched alkanes of at least 4 members (excludes halogenated alkanes) is 1. The van der Waals surface area contributed by atoms with Gasteiger partial charge in [-0.3, -0.25) is 0 Å². The molecule has 0 bridgehead atoms. The van der Waals surface area contributed by atoms with Crippen molar-refractivity contribution in [2.45, 2.75) is 33.1 Å². The van der Waals surface area contributed by atoms with Gasteiger partial charge in [0.15, 0.2) is 0 Å². The van der Waals surface area contributed by atoms with Crippen molar-refractivity contribution in [2.75, 3.05) is 13.2 Å². The van der Waals surface area contributed by atoms with Crippen molar-refractivity contribution in [3.8, 4) is 11.5 Å². The Kier molecular flexibility index (Phi) is 10.2. The minimum Gasteiger partial charge on any atom is -0.457 e. The molecule has 0 aliphatic carbocycles. The fourth-order valence-electron chi connectivity index (χ4n) is 2.15. The van der Waals surface area contributed by atoms with Crippen LogP contribution in [0.3, 0.4) is 0 Å². The molecule has 7 heteroatoms. The first-order valence-corrected chi connectivity index (χ1v) is 10.0. The van der Waals surface area contributed by atoms with E-state index in [9.17, 15) is 0 Å². The first-order valence-electron chi connectivity index (χ1n) is 8.48.